The maximum Gasteiger partial charge on any atom is 0.291 e. The third kappa shape index (κ3) is 5.94. The first-order valence-electron chi connectivity index (χ1n) is 3.90. The van der Waals surface area contributed by atoms with Gasteiger partial charge in [-0.25, -0.2) is 0 Å². The minimum Gasteiger partial charge on any atom is -0.328 e. The topological polar surface area (TPSA) is 115 Å². The molecular formula is C6H14N3O3Pd. The van der Waals surface area contributed by atoms with Crippen molar-refractivity contribution in [3.05, 3.63) is 10.1 Å². The van der Waals surface area contributed by atoms with Crippen LogP contribution < -0.4 is 11.5 Å². The summed E-state index contributed by atoms with van der Waals surface area (Å²) in [4.78, 5) is 8.36. The summed E-state index contributed by atoms with van der Waals surface area (Å²) in [6.07, 6.45) is 4.54. The van der Waals surface area contributed by atoms with E-state index >= 15 is 0 Å². The van der Waals surface area contributed by atoms with Crippen LogP contribution in [0.1, 0.15) is 25.7 Å². The monoisotopic (exact) mass is 282 g/mol. The van der Waals surface area contributed by atoms with E-state index in [9.17, 15) is 0 Å². The van der Waals surface area contributed by atoms with Crippen LogP contribution in [0.4, 0.5) is 0 Å². The molecule has 2 atom stereocenters. The van der Waals surface area contributed by atoms with Crippen molar-refractivity contribution in [2.75, 3.05) is 0 Å². The Labute approximate surface area is 87.2 Å². The van der Waals surface area contributed by atoms with Crippen LogP contribution in [-0.2, 0) is 19.2 Å². The van der Waals surface area contributed by atoms with E-state index in [2.05, 4.69) is 19.2 Å². The van der Waals surface area contributed by atoms with Crippen molar-refractivity contribution in [1.82, 2.24) is 0 Å². The average Bonchev–Trinajstić information content (AvgIpc) is 1.94. The maximum atomic E-state index is 8.36. The Morgan fingerprint density at radius 1 is 1.62 bits per heavy atom. The normalized spacial score (nSPS) is 33.1. The Hall–Kier alpha value is -0.218. The molecule has 1 saturated carbocycles. The molecule has 0 amide bonds. The second-order valence-corrected chi connectivity index (χ2v) is 4.41. The molecule has 0 spiro atoms. The van der Waals surface area contributed by atoms with E-state index in [4.69, 9.17) is 26.8 Å². The van der Waals surface area contributed by atoms with E-state index in [0.29, 0.717) is 0 Å². The van der Waals surface area contributed by atoms with E-state index < -0.39 is 5.09 Å². The van der Waals surface area contributed by atoms with Gasteiger partial charge in [-0.3, -0.25) is 0 Å². The average molecular weight is 283 g/mol. The minimum absolute atomic E-state index is 0.161. The van der Waals surface area contributed by atoms with Crippen LogP contribution in [-0.4, -0.2) is 20.3 Å². The summed E-state index contributed by atoms with van der Waals surface area (Å²) in [5.74, 6) is 0. The van der Waals surface area contributed by atoms with E-state index in [1.54, 1.807) is 0 Å². The van der Waals surface area contributed by atoms with Gasteiger partial charge in [-0.2, -0.15) is 0 Å². The van der Waals surface area contributed by atoms with Crippen LogP contribution in [0.5, 0.6) is 0 Å². The third-order valence-corrected chi connectivity index (χ3v) is 2.87. The summed E-state index contributed by atoms with van der Waals surface area (Å²) < 4.78 is -0.235. The van der Waals surface area contributed by atoms with Gasteiger partial charge in [0.15, 0.2) is 0 Å². The van der Waals surface area contributed by atoms with Crippen LogP contribution in [0.15, 0.2) is 0 Å². The van der Waals surface area contributed by atoms with Crippen molar-refractivity contribution >= 4 is 0 Å². The van der Waals surface area contributed by atoms with Gasteiger partial charge in [0.1, 0.15) is 0 Å². The Morgan fingerprint density at radius 2 is 2.08 bits per heavy atom. The van der Waals surface area contributed by atoms with Gasteiger partial charge in [0.05, 0.1) is 0 Å². The molecule has 7 heteroatoms. The van der Waals surface area contributed by atoms with E-state index in [-0.39, 0.29) is 10.1 Å². The van der Waals surface area contributed by atoms with Gasteiger partial charge in [-0.15, -0.1) is 10.1 Å². The van der Waals surface area contributed by atoms with Gasteiger partial charge in [-0.05, 0) is 0 Å². The molecule has 0 radical (unpaired) electrons. The number of hydrogen-bond acceptors (Lipinski definition) is 4. The third-order valence-electron chi connectivity index (χ3n) is 1.90. The summed E-state index contributed by atoms with van der Waals surface area (Å²) in [6.45, 7) is 0. The fourth-order valence-corrected chi connectivity index (χ4v) is 1.66. The predicted molar refractivity (Wildman–Crippen MR) is 42.1 cm³/mol. The summed E-state index contributed by atoms with van der Waals surface area (Å²) in [5, 5.41) is 13.6. The van der Waals surface area contributed by atoms with Gasteiger partial charge >= 0.3 is 66.4 Å². The van der Waals surface area contributed by atoms with Crippen LogP contribution in [0.3, 0.4) is 0 Å². The second kappa shape index (κ2) is 5.50. The van der Waals surface area contributed by atoms with Gasteiger partial charge in [0.25, 0.3) is 5.09 Å². The van der Waals surface area contributed by atoms with Gasteiger partial charge in [0, 0.05) is 0 Å². The smallest absolute Gasteiger partial charge is 0.291 e. The van der Waals surface area contributed by atoms with Crippen molar-refractivity contribution in [3.8, 4) is 0 Å². The predicted octanol–water partition coefficient (Wildman–Crippen LogP) is -0.258. The Balaban J connectivity index is 0.000000310. The van der Waals surface area contributed by atoms with Gasteiger partial charge < -0.3 is 5.21 Å². The molecule has 0 aliphatic heterocycles. The molecule has 1 aliphatic carbocycles. The zero-order valence-electron chi connectivity index (χ0n) is 7.09. The number of nitrogens with zero attached hydrogens (tertiary/aromatic N) is 1. The largest absolute Gasteiger partial charge is 0.328 e. The van der Waals surface area contributed by atoms with Crippen molar-refractivity contribution in [2.45, 2.75) is 35.7 Å². The van der Waals surface area contributed by atoms with Crippen LogP contribution in [0, 0.1) is 10.1 Å². The molecule has 0 heterocycles. The van der Waals surface area contributed by atoms with Crippen molar-refractivity contribution < 1.29 is 29.5 Å². The molecule has 1 rings (SSSR count). The van der Waals surface area contributed by atoms with E-state index in [0.717, 1.165) is 12.8 Å². The molecule has 2 unspecified atom stereocenters. The molecule has 0 aromatic rings. The minimum atomic E-state index is -1.50. The van der Waals surface area contributed by atoms with Crippen LogP contribution in [0.25, 0.3) is 0 Å². The number of rotatable bonds is 0. The molecule has 5 N–H and O–H groups in total. The fourth-order valence-electron chi connectivity index (χ4n) is 1.17. The molecule has 0 saturated heterocycles. The zero-order chi connectivity index (χ0) is 10.5. The summed E-state index contributed by atoms with van der Waals surface area (Å²) >= 11 is 3.14. The molecule has 81 valence electrons. The standard InChI is InChI=1S/C6H13N2.HNO3.Pd/c7-5-3-1-2-4-6(5)8;2-1(3)4;/h5H,1-4,7-8H2;(H,2,3,4);. The molecule has 1 aliphatic rings. The second-order valence-electron chi connectivity index (χ2n) is 2.96. The Morgan fingerprint density at radius 3 is 2.31 bits per heavy atom. The quantitative estimate of drug-likeness (QED) is 0.322. The summed E-state index contributed by atoms with van der Waals surface area (Å²) in [7, 11) is 0. The first-order chi connectivity index (χ1) is 5.86. The first kappa shape index (κ1) is 12.8. The molecule has 1 fully saturated rings. The van der Waals surface area contributed by atoms with Gasteiger partial charge in [0.2, 0.25) is 0 Å². The first-order valence-corrected chi connectivity index (χ1v) is 4.67. The van der Waals surface area contributed by atoms with Crippen LogP contribution >= 0.6 is 0 Å². The van der Waals surface area contributed by atoms with Crippen LogP contribution in [0.2, 0.25) is 0 Å². The molecule has 0 aromatic carbocycles. The number of nitrogens with two attached hydrogens (primary N) is 2. The summed E-state index contributed by atoms with van der Waals surface area (Å²) in [5.41, 5.74) is 11.6. The van der Waals surface area contributed by atoms with Crippen molar-refractivity contribution in [3.63, 3.8) is 0 Å². The number of hydrogen-bond donors (Lipinski definition) is 3. The van der Waals surface area contributed by atoms with Crippen molar-refractivity contribution in [2.24, 2.45) is 11.5 Å². The molecule has 0 aromatic heterocycles. The molecule has 6 nitrogen and oxygen atoms in total. The summed E-state index contributed by atoms with van der Waals surface area (Å²) in [6, 6.07) is 0.161. The van der Waals surface area contributed by atoms with E-state index in [1.807, 2.05) is 0 Å². The fraction of sp³-hybridized carbons (Fsp3) is 1.00. The van der Waals surface area contributed by atoms with Crippen molar-refractivity contribution in [1.29, 1.82) is 0 Å². The zero-order valence-corrected chi connectivity index (χ0v) is 8.64. The Kier molecular flexibility index (Phi) is 5.41. The maximum absolute atomic E-state index is 8.36. The van der Waals surface area contributed by atoms with E-state index in [1.165, 1.54) is 12.8 Å². The SMILES string of the molecule is NC1CCCC[C]1(N)[Pd].O=[N+]([O-])O. The molecule has 13 heavy (non-hydrogen) atoms. The molecule has 0 bridgehead atoms. The Bertz CT molecular complexity index is 173. The van der Waals surface area contributed by atoms with Gasteiger partial charge in [-0.1, -0.05) is 0 Å². The molecular weight excluding hydrogens is 269 g/mol.